The topological polar surface area (TPSA) is 117 Å². The highest BCUT2D eigenvalue weighted by atomic mass is 31.2. The SMILES string of the molecule is CCCC/C=C\CCCCCCCCOCC(COP(=O)(O)OCCN)OC(=O)CCCCCCCCCCCCCCC/C=C\C/C=C\CCCCCCC. The fourth-order valence-electron chi connectivity index (χ4n) is 6.54. The number of hydrogen-bond acceptors (Lipinski definition) is 7. The summed E-state index contributed by atoms with van der Waals surface area (Å²) < 4.78 is 33.4. The quantitative estimate of drug-likeness (QED) is 0.0270. The van der Waals surface area contributed by atoms with Gasteiger partial charge in [0.2, 0.25) is 0 Å². The van der Waals surface area contributed by atoms with Crippen molar-refractivity contribution in [1.82, 2.24) is 0 Å². The van der Waals surface area contributed by atoms with Gasteiger partial charge in [-0.25, -0.2) is 4.57 Å². The van der Waals surface area contributed by atoms with Crippen LogP contribution >= 0.6 is 7.82 Å². The summed E-state index contributed by atoms with van der Waals surface area (Å²) in [5.41, 5.74) is 5.37. The zero-order chi connectivity index (χ0) is 40.9. The Balaban J connectivity index is 3.90. The third kappa shape index (κ3) is 43.8. The standard InChI is InChI=1S/C47H90NO7P/c1-3-5-7-9-11-13-15-17-18-19-20-21-22-23-24-25-26-27-28-29-30-32-34-36-38-40-47(49)55-46(45-54-56(50,51)53-43-41-48)44-52-42-39-37-35-33-31-16-14-12-10-8-6-4-2/h10,12,15,17,19-20,46H,3-9,11,13-14,16,18,21-45,48H2,1-2H3,(H,50,51)/b12-10-,17-15-,20-19-. The Morgan fingerprint density at radius 3 is 1.46 bits per heavy atom. The minimum atomic E-state index is -4.28. The summed E-state index contributed by atoms with van der Waals surface area (Å²) in [4.78, 5) is 22.5. The van der Waals surface area contributed by atoms with Crippen molar-refractivity contribution in [3.8, 4) is 0 Å². The number of rotatable bonds is 45. The lowest BCUT2D eigenvalue weighted by Crippen LogP contribution is -2.28. The highest BCUT2D eigenvalue weighted by Crippen LogP contribution is 2.43. The van der Waals surface area contributed by atoms with Crippen molar-refractivity contribution >= 4 is 13.8 Å². The Kier molecular flexibility index (Phi) is 43.8. The third-order valence-electron chi connectivity index (χ3n) is 10.0. The molecule has 0 aromatic rings. The van der Waals surface area contributed by atoms with Crippen molar-refractivity contribution in [1.29, 1.82) is 0 Å². The Labute approximate surface area is 346 Å². The molecule has 0 spiro atoms. The van der Waals surface area contributed by atoms with Crippen LogP contribution in [0.3, 0.4) is 0 Å². The molecule has 330 valence electrons. The lowest BCUT2D eigenvalue weighted by atomic mass is 10.0. The number of carbonyl (C=O) groups excluding carboxylic acids is 1. The van der Waals surface area contributed by atoms with Gasteiger partial charge in [-0.1, -0.05) is 185 Å². The van der Waals surface area contributed by atoms with Gasteiger partial charge in [-0.2, -0.15) is 0 Å². The molecule has 0 radical (unpaired) electrons. The fourth-order valence-corrected chi connectivity index (χ4v) is 7.30. The molecule has 0 heterocycles. The van der Waals surface area contributed by atoms with Crippen LogP contribution in [0.5, 0.6) is 0 Å². The summed E-state index contributed by atoms with van der Waals surface area (Å²) in [6.07, 6.45) is 51.7. The summed E-state index contributed by atoms with van der Waals surface area (Å²) in [5.74, 6) is -0.332. The molecule has 0 aliphatic rings. The molecule has 0 bridgehead atoms. The molecule has 0 amide bonds. The summed E-state index contributed by atoms with van der Waals surface area (Å²) in [5, 5.41) is 0. The van der Waals surface area contributed by atoms with Gasteiger partial charge in [-0.15, -0.1) is 0 Å². The molecule has 0 rings (SSSR count). The van der Waals surface area contributed by atoms with Crippen molar-refractivity contribution < 1.29 is 32.8 Å². The highest BCUT2D eigenvalue weighted by Gasteiger charge is 2.25. The molecule has 3 N–H and O–H groups in total. The summed E-state index contributed by atoms with van der Waals surface area (Å²) in [6, 6.07) is 0. The molecule has 8 nitrogen and oxygen atoms in total. The number of nitrogens with two attached hydrogens (primary N) is 1. The number of unbranched alkanes of at least 4 members (excludes halogenated alkanes) is 26. The van der Waals surface area contributed by atoms with Gasteiger partial charge < -0.3 is 20.1 Å². The van der Waals surface area contributed by atoms with Crippen LogP contribution in [0.2, 0.25) is 0 Å². The van der Waals surface area contributed by atoms with Gasteiger partial charge in [-0.05, 0) is 64.2 Å². The fraction of sp³-hybridized carbons (Fsp3) is 0.851. The molecule has 56 heavy (non-hydrogen) atoms. The first-order valence-corrected chi connectivity index (χ1v) is 25.0. The van der Waals surface area contributed by atoms with Crippen LogP contribution in [0.4, 0.5) is 0 Å². The number of phosphoric ester groups is 1. The second-order valence-electron chi connectivity index (χ2n) is 15.6. The summed E-state index contributed by atoms with van der Waals surface area (Å²) in [7, 11) is -4.28. The first-order chi connectivity index (χ1) is 27.4. The second-order valence-corrected chi connectivity index (χ2v) is 17.1. The van der Waals surface area contributed by atoms with Gasteiger partial charge in [0, 0.05) is 19.6 Å². The molecular formula is C47H90NO7P. The Hall–Kier alpha value is -1.28. The van der Waals surface area contributed by atoms with Crippen LogP contribution in [0.1, 0.15) is 219 Å². The molecule has 9 heteroatoms. The van der Waals surface area contributed by atoms with Crippen molar-refractivity contribution in [2.45, 2.75) is 225 Å². The van der Waals surface area contributed by atoms with Crippen molar-refractivity contribution in [3.05, 3.63) is 36.5 Å². The average molecular weight is 812 g/mol. The van der Waals surface area contributed by atoms with E-state index in [0.717, 1.165) is 38.5 Å². The molecule has 2 unspecified atom stereocenters. The van der Waals surface area contributed by atoms with Crippen LogP contribution in [-0.2, 0) is 27.9 Å². The smallest absolute Gasteiger partial charge is 0.457 e. The van der Waals surface area contributed by atoms with Crippen molar-refractivity contribution in [2.24, 2.45) is 5.73 Å². The molecule has 0 aliphatic heterocycles. The lowest BCUT2D eigenvalue weighted by Gasteiger charge is -2.20. The van der Waals surface area contributed by atoms with Gasteiger partial charge in [0.15, 0.2) is 0 Å². The molecule has 2 atom stereocenters. The molecule has 0 saturated heterocycles. The molecular weight excluding hydrogens is 721 g/mol. The number of esters is 1. The number of ether oxygens (including phenoxy) is 2. The van der Waals surface area contributed by atoms with E-state index < -0.39 is 13.9 Å². The van der Waals surface area contributed by atoms with Crippen LogP contribution < -0.4 is 5.73 Å². The maximum absolute atomic E-state index is 12.6. The van der Waals surface area contributed by atoms with Gasteiger partial charge in [0.05, 0.1) is 19.8 Å². The zero-order valence-corrected chi connectivity index (χ0v) is 37.5. The third-order valence-corrected chi connectivity index (χ3v) is 11.0. The van der Waals surface area contributed by atoms with Crippen LogP contribution in [0, 0.1) is 0 Å². The lowest BCUT2D eigenvalue weighted by molar-refractivity contribution is -0.154. The van der Waals surface area contributed by atoms with E-state index in [9.17, 15) is 14.3 Å². The number of hydrogen-bond donors (Lipinski definition) is 2. The number of carbonyl (C=O) groups is 1. The normalized spacial score (nSPS) is 13.7. The maximum Gasteiger partial charge on any atom is 0.472 e. The Morgan fingerprint density at radius 2 is 0.964 bits per heavy atom. The number of allylic oxidation sites excluding steroid dienone is 6. The van der Waals surface area contributed by atoms with E-state index in [2.05, 4.69) is 50.3 Å². The highest BCUT2D eigenvalue weighted by molar-refractivity contribution is 7.47. The second kappa shape index (κ2) is 44.8. The predicted octanol–water partition coefficient (Wildman–Crippen LogP) is 14.2. The summed E-state index contributed by atoms with van der Waals surface area (Å²) >= 11 is 0. The Morgan fingerprint density at radius 1 is 0.536 bits per heavy atom. The van der Waals surface area contributed by atoms with E-state index in [0.29, 0.717) is 13.0 Å². The molecule has 0 aromatic heterocycles. The van der Waals surface area contributed by atoms with Crippen LogP contribution in [0.25, 0.3) is 0 Å². The molecule has 0 saturated carbocycles. The van der Waals surface area contributed by atoms with Crippen LogP contribution in [0.15, 0.2) is 36.5 Å². The monoisotopic (exact) mass is 812 g/mol. The van der Waals surface area contributed by atoms with E-state index in [-0.39, 0.29) is 32.3 Å². The maximum atomic E-state index is 12.6. The molecule has 0 fully saturated rings. The minimum absolute atomic E-state index is 0.0963. The van der Waals surface area contributed by atoms with Gasteiger partial charge in [0.25, 0.3) is 0 Å². The summed E-state index contributed by atoms with van der Waals surface area (Å²) in [6.45, 7) is 4.88. The first-order valence-electron chi connectivity index (χ1n) is 23.5. The van der Waals surface area contributed by atoms with Crippen molar-refractivity contribution in [2.75, 3.05) is 33.0 Å². The number of phosphoric acid groups is 1. The molecule has 0 aliphatic carbocycles. The minimum Gasteiger partial charge on any atom is -0.457 e. The van der Waals surface area contributed by atoms with Crippen molar-refractivity contribution in [3.63, 3.8) is 0 Å². The Bertz CT molecular complexity index is 957. The molecule has 0 aromatic carbocycles. The van der Waals surface area contributed by atoms with Gasteiger partial charge in [0.1, 0.15) is 6.10 Å². The zero-order valence-electron chi connectivity index (χ0n) is 36.6. The predicted molar refractivity (Wildman–Crippen MR) is 238 cm³/mol. The van der Waals surface area contributed by atoms with E-state index in [4.69, 9.17) is 24.3 Å². The van der Waals surface area contributed by atoms with E-state index in [1.807, 2.05) is 0 Å². The van der Waals surface area contributed by atoms with Gasteiger partial charge in [-0.3, -0.25) is 13.8 Å². The largest absolute Gasteiger partial charge is 0.472 e. The van der Waals surface area contributed by atoms with E-state index in [1.54, 1.807) is 0 Å². The van der Waals surface area contributed by atoms with E-state index >= 15 is 0 Å². The average Bonchev–Trinajstić information content (AvgIpc) is 3.19. The van der Waals surface area contributed by atoms with Gasteiger partial charge >= 0.3 is 13.8 Å². The van der Waals surface area contributed by atoms with Crippen LogP contribution in [-0.4, -0.2) is 49.9 Å². The van der Waals surface area contributed by atoms with E-state index in [1.165, 1.54) is 161 Å². The first kappa shape index (κ1) is 54.7.